The molecule has 0 saturated heterocycles. The Balaban J connectivity index is 0.806. The predicted octanol–water partition coefficient (Wildman–Crippen LogP) is 28.7. The van der Waals surface area contributed by atoms with Gasteiger partial charge in [-0.05, 0) is 225 Å². The molecule has 0 unspecified atom stereocenters. The minimum absolute atomic E-state index is 0.117. The number of rotatable bonds is 3. The van der Waals surface area contributed by atoms with Crippen molar-refractivity contribution in [1.82, 2.24) is 13.7 Å². The van der Waals surface area contributed by atoms with Crippen LogP contribution in [0.4, 0.5) is 11.4 Å². The molecule has 6 aliphatic heterocycles. The molecule has 9 heterocycles. The second-order valence-electron chi connectivity index (χ2n) is 54.1. The lowest BCUT2D eigenvalue weighted by molar-refractivity contribution is 0.451. The second kappa shape index (κ2) is 29.0. The average molecular weight is 1820 g/mol. The molecule has 0 spiro atoms. The van der Waals surface area contributed by atoms with Crippen molar-refractivity contribution in [3.8, 4) is 74.6 Å². The first-order chi connectivity index (χ1) is 64.0. The van der Waals surface area contributed by atoms with Gasteiger partial charge in [0.2, 0.25) is 0 Å². The van der Waals surface area contributed by atoms with Gasteiger partial charge in [-0.1, -0.05) is 334 Å². The van der Waals surface area contributed by atoms with E-state index < -0.39 is 6.71 Å². The smallest absolute Gasteiger partial charge is 0.260 e. The minimum Gasteiger partial charge on any atom is -0.458 e. The molecule has 0 aliphatic carbocycles. The molecular formula is C126H139B3N4O5. The van der Waals surface area contributed by atoms with Gasteiger partial charge in [-0.2, -0.15) is 0 Å². The molecule has 16 aromatic rings. The van der Waals surface area contributed by atoms with Crippen LogP contribution in [0, 0.1) is 0 Å². The van der Waals surface area contributed by atoms with E-state index in [4.69, 9.17) is 23.7 Å². The van der Waals surface area contributed by atoms with Gasteiger partial charge in [0.15, 0.2) is 0 Å². The summed E-state index contributed by atoms with van der Waals surface area (Å²) in [6, 6.07) is 71.3. The largest absolute Gasteiger partial charge is 0.458 e. The fraction of sp³-hybridized carbons (Fsp3) is 0.381. The third-order valence-electron chi connectivity index (χ3n) is 31.3. The number of hydrogen-bond acceptors (Lipinski definition) is 6. The predicted molar refractivity (Wildman–Crippen MR) is 590 cm³/mol. The molecule has 12 heteroatoms. The molecule has 1 N–H and O–H groups in total. The molecule has 0 saturated carbocycles. The summed E-state index contributed by atoms with van der Waals surface area (Å²) >= 11 is 0. The second-order valence-corrected chi connectivity index (χ2v) is 54.1. The topological polar surface area (TPSA) is 73.0 Å². The monoisotopic (exact) mass is 1820 g/mol. The highest BCUT2D eigenvalue weighted by Crippen LogP contribution is 2.55. The van der Waals surface area contributed by atoms with Gasteiger partial charge >= 0.3 is 0 Å². The number of anilines is 2. The lowest BCUT2D eigenvalue weighted by atomic mass is 9.30. The van der Waals surface area contributed by atoms with E-state index in [1.54, 1.807) is 0 Å². The Hall–Kier alpha value is -11.7. The van der Waals surface area contributed by atoms with Crippen LogP contribution in [0.5, 0.6) is 57.5 Å². The molecule has 13 aromatic carbocycles. The quantitative estimate of drug-likeness (QED) is 0.178. The highest BCUT2D eigenvalue weighted by Gasteiger charge is 2.50. The van der Waals surface area contributed by atoms with Crippen molar-refractivity contribution < 1.29 is 23.7 Å². The van der Waals surface area contributed by atoms with Crippen LogP contribution < -0.4 is 78.2 Å². The zero-order valence-electron chi connectivity index (χ0n) is 88.9. The Morgan fingerprint density at radius 2 is 0.413 bits per heavy atom. The molecular weight excluding hydrogens is 1680 g/mol. The van der Waals surface area contributed by atoms with E-state index in [9.17, 15) is 0 Å². The molecule has 0 radical (unpaired) electrons. The summed E-state index contributed by atoms with van der Waals surface area (Å²) in [4.78, 5) is 0. The summed E-state index contributed by atoms with van der Waals surface area (Å²) in [6.07, 6.45) is 0. The van der Waals surface area contributed by atoms with Gasteiger partial charge in [-0.25, -0.2) is 0 Å². The lowest BCUT2D eigenvalue weighted by Gasteiger charge is -2.38. The van der Waals surface area contributed by atoms with Gasteiger partial charge in [-0.3, -0.25) is 0 Å². The van der Waals surface area contributed by atoms with Crippen LogP contribution in [-0.2, 0) is 65.0 Å². The number of nitrogens with one attached hydrogen (secondary N) is 1. The zero-order chi connectivity index (χ0) is 98.6. The number of ether oxygens (including phenoxy) is 5. The van der Waals surface area contributed by atoms with Gasteiger partial charge in [-0.15, -0.1) is 0 Å². The maximum absolute atomic E-state index is 8.05. The van der Waals surface area contributed by atoms with E-state index in [-0.39, 0.29) is 78.4 Å². The van der Waals surface area contributed by atoms with Crippen molar-refractivity contribution in [1.29, 1.82) is 0 Å². The molecule has 22 rings (SSSR count). The Morgan fingerprint density at radius 1 is 0.188 bits per heavy atom. The van der Waals surface area contributed by atoms with E-state index in [1.165, 1.54) is 132 Å². The maximum Gasteiger partial charge on any atom is 0.260 e. The van der Waals surface area contributed by atoms with Crippen molar-refractivity contribution in [2.45, 2.75) is 314 Å². The van der Waals surface area contributed by atoms with E-state index in [0.29, 0.717) is 0 Å². The van der Waals surface area contributed by atoms with Gasteiger partial charge in [0.25, 0.3) is 20.1 Å². The Morgan fingerprint density at radius 3 is 0.681 bits per heavy atom. The molecule has 0 fully saturated rings. The van der Waals surface area contributed by atoms with Crippen LogP contribution in [0.2, 0.25) is 0 Å². The van der Waals surface area contributed by atoms with Crippen LogP contribution in [0.25, 0.3) is 82.5 Å². The summed E-state index contributed by atoms with van der Waals surface area (Å²) < 4.78 is 46.8. The summed E-state index contributed by atoms with van der Waals surface area (Å²) in [5.41, 5.74) is 35.0. The van der Waals surface area contributed by atoms with Crippen molar-refractivity contribution in [3.05, 3.63) is 249 Å². The van der Waals surface area contributed by atoms with Crippen LogP contribution in [0.3, 0.4) is 0 Å². The van der Waals surface area contributed by atoms with E-state index in [1.807, 2.05) is 0 Å². The molecule has 3 aromatic heterocycles. The normalized spacial score (nSPS) is 14.8. The first kappa shape index (κ1) is 91.3. The molecule has 702 valence electrons. The fourth-order valence-electron chi connectivity index (χ4n) is 23.5. The van der Waals surface area contributed by atoms with Crippen molar-refractivity contribution >= 4 is 146 Å². The average Bonchev–Trinajstić information content (AvgIpc) is 1.31. The minimum atomic E-state index is -0.412. The summed E-state index contributed by atoms with van der Waals surface area (Å²) in [7, 11) is 0. The molecule has 6 aliphatic rings. The van der Waals surface area contributed by atoms with Crippen LogP contribution in [-0.4, -0.2) is 33.8 Å². The summed E-state index contributed by atoms with van der Waals surface area (Å²) in [6.45, 7) is 84.4. The molecule has 0 amide bonds. The Kier molecular flexibility index (Phi) is 19.2. The van der Waals surface area contributed by atoms with Crippen LogP contribution >= 0.6 is 0 Å². The maximum atomic E-state index is 8.05. The molecule has 9 nitrogen and oxygen atoms in total. The molecule has 138 heavy (non-hydrogen) atoms. The number of hydrogen-bond donors (Lipinski definition) is 1. The molecule has 0 atom stereocenters. The van der Waals surface area contributed by atoms with Gasteiger partial charge in [0.05, 0.1) is 50.2 Å². The Bertz CT molecular complexity index is 7420. The Labute approximate surface area is 820 Å². The number of benzene rings is 13. The number of nitrogens with zero attached hydrogens (tertiary/aromatic N) is 3. The first-order valence-electron chi connectivity index (χ1n) is 50.8. The lowest BCUT2D eigenvalue weighted by Crippen LogP contribution is -2.63. The summed E-state index contributed by atoms with van der Waals surface area (Å²) in [5, 5.41) is 11.8. The number of para-hydroxylation sites is 2. The van der Waals surface area contributed by atoms with E-state index in [0.717, 1.165) is 135 Å². The standard InChI is InChI=1S/C126H139B3N4O5/c1-115(2,3)67-45-76-77-46-68(116(4,5)6)52-83(122(22,23)24)110(77)131(109(76)82(51-67)121(19,20)21)73-57-95-106-101(58-73)134-96-43-39-37-41-88(96)127(106)90-63-91-98(65-94(90)130-95)136-104-61-75(133-113-80(49-71(119(13,14)15)55-86(113)125(31,32)33)81-50-72(120(16,17)18)56-87(114(81)133)126(34,35)36)62-105-108(104)129(91)93-64-92-99(66-100(93)138-105)137-103-60-74(59-102-107(103)128(92)89-42-38-40-44-97(89)135-102)132-111-78(47-69(117(7,8)9)53-84(111)123(25,26)27)79-48-70(118(10,11)12)54-85(112(79)132)124(28,29)30/h37-66,130H,1-36H3. The number of aromatic nitrogens is 3. The highest BCUT2D eigenvalue weighted by atomic mass is 16.5. The molecule has 0 bridgehead atoms. The van der Waals surface area contributed by atoms with Crippen molar-refractivity contribution in [3.63, 3.8) is 0 Å². The fourth-order valence-corrected chi connectivity index (χ4v) is 23.5. The van der Waals surface area contributed by atoms with Crippen LogP contribution in [0.1, 0.15) is 316 Å². The van der Waals surface area contributed by atoms with Crippen molar-refractivity contribution in [2.24, 2.45) is 0 Å². The van der Waals surface area contributed by atoms with Gasteiger partial charge in [0, 0.05) is 97.1 Å². The van der Waals surface area contributed by atoms with E-state index in [2.05, 4.69) is 450 Å². The van der Waals surface area contributed by atoms with Gasteiger partial charge in [0.1, 0.15) is 57.5 Å². The first-order valence-corrected chi connectivity index (χ1v) is 50.8. The SMILES string of the molecule is CC(C)(C)c1cc(C(C)(C)C)c2c(c1)c1cc(C(C)(C)C)cc(C(C)(C)C)c1n2-c1cc2c3c(c1)Oc1ccccc1B3c1cc3c(cc1N2)Oc1cc(-n2c4c(C(C)(C)C)cc(C(C)(C)C)cc4c4cc(C(C)(C)C)cc(C(C)(C)C)c42)cc2c1B3c1cc3c(cc1O2)Oc1cc(-n2c4c(C(C)(C)C)cc(C(C)(C)C)cc4c4cc(C(C)(C)C)cc(C(C)(C)C)c42)cc2c1B3c1ccccc1O2. The van der Waals surface area contributed by atoms with Gasteiger partial charge < -0.3 is 42.7 Å². The number of fused-ring (bicyclic) bond motifs is 21. The third-order valence-corrected chi connectivity index (χ3v) is 31.3. The third kappa shape index (κ3) is 14.1. The van der Waals surface area contributed by atoms with E-state index >= 15 is 0 Å². The zero-order valence-corrected chi connectivity index (χ0v) is 88.9. The van der Waals surface area contributed by atoms with Crippen molar-refractivity contribution in [2.75, 3.05) is 5.32 Å². The summed E-state index contributed by atoms with van der Waals surface area (Å²) in [5.74, 6) is 7.72. The highest BCUT2D eigenvalue weighted by molar-refractivity contribution is 7.02. The van der Waals surface area contributed by atoms with Crippen LogP contribution in [0.15, 0.2) is 182 Å².